The van der Waals surface area contributed by atoms with Crippen molar-refractivity contribution in [1.29, 1.82) is 0 Å². The van der Waals surface area contributed by atoms with Crippen molar-refractivity contribution in [3.63, 3.8) is 0 Å². The number of halogens is 1. The van der Waals surface area contributed by atoms with E-state index in [1.165, 1.54) is 0 Å². The minimum Gasteiger partial charge on any atom is -0.324 e. The van der Waals surface area contributed by atoms with E-state index in [9.17, 15) is 0 Å². The summed E-state index contributed by atoms with van der Waals surface area (Å²) in [5.41, 5.74) is 10.7. The summed E-state index contributed by atoms with van der Waals surface area (Å²) in [5, 5.41) is 4.40. The Labute approximate surface area is 115 Å². The van der Waals surface area contributed by atoms with Crippen molar-refractivity contribution in [3.05, 3.63) is 45.4 Å². The molecule has 1 unspecified atom stereocenters. The molecular formula is C13H17BrN4. The van der Waals surface area contributed by atoms with E-state index >= 15 is 0 Å². The van der Waals surface area contributed by atoms with E-state index in [0.29, 0.717) is 0 Å². The van der Waals surface area contributed by atoms with Gasteiger partial charge in [0.1, 0.15) is 0 Å². The van der Waals surface area contributed by atoms with Crippen LogP contribution in [0.15, 0.2) is 22.9 Å². The number of nitrogens with two attached hydrogens (primary N) is 1. The zero-order chi connectivity index (χ0) is 13.3. The maximum Gasteiger partial charge on any atom is 0.0644 e. The Morgan fingerprint density at radius 3 is 2.67 bits per heavy atom. The van der Waals surface area contributed by atoms with Gasteiger partial charge in [-0.25, -0.2) is 0 Å². The summed E-state index contributed by atoms with van der Waals surface area (Å²) in [7, 11) is 1.94. The van der Waals surface area contributed by atoms with Crippen molar-refractivity contribution in [3.8, 4) is 0 Å². The van der Waals surface area contributed by atoms with Crippen molar-refractivity contribution in [2.75, 3.05) is 0 Å². The molecule has 1 atom stereocenters. The SMILES string of the molecule is Cc1nn(C)c(C)c1C(N)Cc1cncc(Br)c1. The molecular weight excluding hydrogens is 292 g/mol. The van der Waals surface area contributed by atoms with Crippen LogP contribution >= 0.6 is 15.9 Å². The Morgan fingerprint density at radius 1 is 1.39 bits per heavy atom. The minimum atomic E-state index is -0.0465. The first-order chi connectivity index (χ1) is 8.49. The zero-order valence-electron chi connectivity index (χ0n) is 10.8. The van der Waals surface area contributed by atoms with Gasteiger partial charge in [-0.3, -0.25) is 9.67 Å². The van der Waals surface area contributed by atoms with Gasteiger partial charge in [0, 0.05) is 41.2 Å². The second-order valence-corrected chi connectivity index (χ2v) is 5.45. The third-order valence-electron chi connectivity index (χ3n) is 3.15. The van der Waals surface area contributed by atoms with E-state index in [0.717, 1.165) is 33.4 Å². The number of pyridine rings is 1. The van der Waals surface area contributed by atoms with E-state index in [1.54, 1.807) is 6.20 Å². The van der Waals surface area contributed by atoms with Gasteiger partial charge in [0.25, 0.3) is 0 Å². The van der Waals surface area contributed by atoms with Gasteiger partial charge >= 0.3 is 0 Å². The van der Waals surface area contributed by atoms with Gasteiger partial charge in [-0.05, 0) is 47.8 Å². The van der Waals surface area contributed by atoms with Crippen LogP contribution in [0.5, 0.6) is 0 Å². The molecule has 2 aromatic rings. The van der Waals surface area contributed by atoms with E-state index in [1.807, 2.05) is 37.8 Å². The second kappa shape index (κ2) is 5.20. The van der Waals surface area contributed by atoms with Crippen LogP contribution in [0, 0.1) is 13.8 Å². The topological polar surface area (TPSA) is 56.7 Å². The molecule has 0 aliphatic rings. The van der Waals surface area contributed by atoms with Gasteiger partial charge in [-0.15, -0.1) is 0 Å². The predicted molar refractivity (Wildman–Crippen MR) is 75.3 cm³/mol. The van der Waals surface area contributed by atoms with Crippen LogP contribution in [0.25, 0.3) is 0 Å². The van der Waals surface area contributed by atoms with E-state index in [-0.39, 0.29) is 6.04 Å². The molecule has 96 valence electrons. The maximum atomic E-state index is 6.30. The summed E-state index contributed by atoms with van der Waals surface area (Å²) < 4.78 is 2.86. The molecule has 2 N–H and O–H groups in total. The third-order valence-corrected chi connectivity index (χ3v) is 3.59. The number of aromatic nitrogens is 3. The highest BCUT2D eigenvalue weighted by atomic mass is 79.9. The first kappa shape index (κ1) is 13.2. The summed E-state index contributed by atoms with van der Waals surface area (Å²) in [6.45, 7) is 4.05. The van der Waals surface area contributed by atoms with Crippen molar-refractivity contribution < 1.29 is 0 Å². The Morgan fingerprint density at radius 2 is 2.11 bits per heavy atom. The van der Waals surface area contributed by atoms with Crippen molar-refractivity contribution in [1.82, 2.24) is 14.8 Å². The smallest absolute Gasteiger partial charge is 0.0644 e. The fourth-order valence-electron chi connectivity index (χ4n) is 2.25. The lowest BCUT2D eigenvalue weighted by atomic mass is 9.99. The van der Waals surface area contributed by atoms with Crippen LogP contribution in [-0.2, 0) is 13.5 Å². The Kier molecular flexibility index (Phi) is 3.82. The van der Waals surface area contributed by atoms with E-state index in [4.69, 9.17) is 5.73 Å². The van der Waals surface area contributed by atoms with Gasteiger partial charge in [-0.2, -0.15) is 5.10 Å². The minimum absolute atomic E-state index is 0.0465. The van der Waals surface area contributed by atoms with Crippen LogP contribution in [-0.4, -0.2) is 14.8 Å². The molecule has 2 heterocycles. The van der Waals surface area contributed by atoms with Crippen LogP contribution in [0.1, 0.15) is 28.6 Å². The number of rotatable bonds is 3. The zero-order valence-corrected chi connectivity index (χ0v) is 12.4. The molecule has 0 amide bonds. The first-order valence-electron chi connectivity index (χ1n) is 5.84. The van der Waals surface area contributed by atoms with Gasteiger partial charge in [-0.1, -0.05) is 0 Å². The number of aryl methyl sites for hydroxylation is 2. The molecule has 0 radical (unpaired) electrons. The van der Waals surface area contributed by atoms with Crippen LogP contribution < -0.4 is 5.73 Å². The molecule has 0 aliphatic heterocycles. The summed E-state index contributed by atoms with van der Waals surface area (Å²) in [6, 6.07) is 2.00. The van der Waals surface area contributed by atoms with Gasteiger partial charge in [0.2, 0.25) is 0 Å². The molecule has 0 bridgehead atoms. The average Bonchev–Trinajstić information content (AvgIpc) is 2.53. The van der Waals surface area contributed by atoms with Gasteiger partial charge < -0.3 is 5.73 Å². The molecule has 18 heavy (non-hydrogen) atoms. The van der Waals surface area contributed by atoms with Crippen LogP contribution in [0.2, 0.25) is 0 Å². The summed E-state index contributed by atoms with van der Waals surface area (Å²) in [6.07, 6.45) is 4.39. The largest absolute Gasteiger partial charge is 0.324 e. The van der Waals surface area contributed by atoms with Crippen molar-refractivity contribution >= 4 is 15.9 Å². The highest BCUT2D eigenvalue weighted by Crippen LogP contribution is 2.23. The molecule has 0 aliphatic carbocycles. The third kappa shape index (κ3) is 2.62. The lowest BCUT2D eigenvalue weighted by Gasteiger charge is -2.12. The molecule has 2 aromatic heterocycles. The molecule has 0 fully saturated rings. The molecule has 4 nitrogen and oxygen atoms in total. The molecule has 5 heteroatoms. The maximum absolute atomic E-state index is 6.30. The van der Waals surface area contributed by atoms with E-state index < -0.39 is 0 Å². The summed E-state index contributed by atoms with van der Waals surface area (Å²) in [5.74, 6) is 0. The Bertz CT molecular complexity index is 562. The lowest BCUT2D eigenvalue weighted by Crippen LogP contribution is -2.15. The average molecular weight is 309 g/mol. The van der Waals surface area contributed by atoms with Crippen molar-refractivity contribution in [2.45, 2.75) is 26.3 Å². The van der Waals surface area contributed by atoms with Crippen LogP contribution in [0.3, 0.4) is 0 Å². The number of nitrogens with zero attached hydrogens (tertiary/aromatic N) is 3. The summed E-state index contributed by atoms with van der Waals surface area (Å²) >= 11 is 3.42. The lowest BCUT2D eigenvalue weighted by molar-refractivity contribution is 0.699. The molecule has 0 aromatic carbocycles. The van der Waals surface area contributed by atoms with Crippen molar-refractivity contribution in [2.24, 2.45) is 12.8 Å². The Hall–Kier alpha value is -1.20. The number of hydrogen-bond donors (Lipinski definition) is 1. The second-order valence-electron chi connectivity index (χ2n) is 4.53. The Balaban J connectivity index is 2.24. The van der Waals surface area contributed by atoms with Gasteiger partial charge in [0.05, 0.1) is 5.69 Å². The monoisotopic (exact) mass is 308 g/mol. The highest BCUT2D eigenvalue weighted by molar-refractivity contribution is 9.10. The number of hydrogen-bond acceptors (Lipinski definition) is 3. The predicted octanol–water partition coefficient (Wildman–Crippen LogP) is 2.44. The first-order valence-corrected chi connectivity index (χ1v) is 6.63. The molecule has 0 saturated carbocycles. The standard InChI is InChI=1S/C13H17BrN4/c1-8-13(9(2)18(3)17-8)12(15)5-10-4-11(14)7-16-6-10/h4,6-7,12H,5,15H2,1-3H3. The molecule has 0 saturated heterocycles. The normalized spacial score (nSPS) is 12.7. The quantitative estimate of drug-likeness (QED) is 0.947. The molecule has 0 spiro atoms. The van der Waals surface area contributed by atoms with Gasteiger partial charge in [0.15, 0.2) is 0 Å². The van der Waals surface area contributed by atoms with Crippen LogP contribution in [0.4, 0.5) is 0 Å². The highest BCUT2D eigenvalue weighted by Gasteiger charge is 2.17. The fourth-order valence-corrected chi connectivity index (χ4v) is 2.66. The summed E-state index contributed by atoms with van der Waals surface area (Å²) in [4.78, 5) is 4.16. The van der Waals surface area contributed by atoms with E-state index in [2.05, 4.69) is 26.0 Å². The fraction of sp³-hybridized carbons (Fsp3) is 0.385. The molecule has 2 rings (SSSR count).